The molecule has 4 rings (SSSR count). The molecule has 6 nitrogen and oxygen atoms in total. The molecule has 1 N–H and O–H groups in total. The van der Waals surface area contributed by atoms with E-state index in [2.05, 4.69) is 10.3 Å². The van der Waals surface area contributed by atoms with Gasteiger partial charge in [0.25, 0.3) is 0 Å². The van der Waals surface area contributed by atoms with Crippen LogP contribution in [0, 0.1) is 28.9 Å². The minimum Gasteiger partial charge on any atom is -0.382 e. The molecular formula is C20H18F2N4O2. The van der Waals surface area contributed by atoms with Gasteiger partial charge in [0, 0.05) is 30.3 Å². The molecule has 1 unspecified atom stereocenters. The Bertz CT molecular complexity index is 940. The number of carbonyl (C=O) groups excluding carboxylic acids is 1. The van der Waals surface area contributed by atoms with Gasteiger partial charge in [-0.15, -0.1) is 0 Å². The smallest absolute Gasteiger partial charge is 0.249 e. The van der Waals surface area contributed by atoms with Gasteiger partial charge in [-0.2, -0.15) is 5.26 Å². The number of nitriles is 1. The lowest BCUT2D eigenvalue weighted by molar-refractivity contribution is -0.184. The molecule has 2 aromatic rings. The fourth-order valence-corrected chi connectivity index (χ4v) is 3.65. The van der Waals surface area contributed by atoms with E-state index in [1.54, 1.807) is 12.3 Å². The fourth-order valence-electron chi connectivity index (χ4n) is 3.65. The van der Waals surface area contributed by atoms with Gasteiger partial charge in [-0.3, -0.25) is 14.6 Å². The second-order valence-corrected chi connectivity index (χ2v) is 7.05. The summed E-state index contributed by atoms with van der Waals surface area (Å²) in [5, 5.41) is 13.5. The van der Waals surface area contributed by atoms with Crippen LogP contribution in [0.5, 0.6) is 0 Å². The Morgan fingerprint density at radius 3 is 2.86 bits per heavy atom. The predicted octanol–water partition coefficient (Wildman–Crippen LogP) is 3.33. The summed E-state index contributed by atoms with van der Waals surface area (Å²) in [6.07, 6.45) is 4.48. The van der Waals surface area contributed by atoms with Gasteiger partial charge in [0.05, 0.1) is 24.4 Å². The van der Waals surface area contributed by atoms with E-state index in [9.17, 15) is 13.6 Å². The zero-order chi connectivity index (χ0) is 19.7. The van der Waals surface area contributed by atoms with Crippen LogP contribution in [0.3, 0.4) is 0 Å². The maximum absolute atomic E-state index is 13.5. The summed E-state index contributed by atoms with van der Waals surface area (Å²) in [6, 6.07) is 7.18. The number of pyridine rings is 1. The zero-order valence-corrected chi connectivity index (χ0v) is 14.9. The molecular weight excluding hydrogens is 366 g/mol. The first-order valence-electron chi connectivity index (χ1n) is 9.08. The molecule has 2 fully saturated rings. The summed E-state index contributed by atoms with van der Waals surface area (Å²) in [5.74, 6) is -1.32. The van der Waals surface area contributed by atoms with Gasteiger partial charge in [0.2, 0.25) is 5.91 Å². The third kappa shape index (κ3) is 3.53. The van der Waals surface area contributed by atoms with E-state index in [0.29, 0.717) is 37.1 Å². The van der Waals surface area contributed by atoms with Crippen LogP contribution < -0.4 is 5.32 Å². The molecule has 1 saturated carbocycles. The van der Waals surface area contributed by atoms with Gasteiger partial charge >= 0.3 is 0 Å². The molecule has 28 heavy (non-hydrogen) atoms. The highest BCUT2D eigenvalue weighted by atomic mass is 19.1. The van der Waals surface area contributed by atoms with Crippen LogP contribution >= 0.6 is 0 Å². The molecule has 1 saturated heterocycles. The van der Waals surface area contributed by atoms with E-state index in [-0.39, 0.29) is 29.5 Å². The fraction of sp³-hybridized carbons (Fsp3) is 0.350. The Hall–Kier alpha value is -3.05. The first-order valence-corrected chi connectivity index (χ1v) is 9.08. The number of halogens is 2. The topological polar surface area (TPSA) is 78.2 Å². The highest BCUT2D eigenvalue weighted by Crippen LogP contribution is 2.37. The molecule has 1 aliphatic carbocycles. The van der Waals surface area contributed by atoms with Crippen LogP contribution in [0.4, 0.5) is 14.5 Å². The monoisotopic (exact) mass is 384 g/mol. The summed E-state index contributed by atoms with van der Waals surface area (Å²) >= 11 is 0. The Balaban J connectivity index is 1.36. The van der Waals surface area contributed by atoms with Crippen LogP contribution in [-0.4, -0.2) is 28.6 Å². The minimum atomic E-state index is -0.557. The number of nitrogens with one attached hydrogen (secondary N) is 1. The lowest BCUT2D eigenvalue weighted by Crippen LogP contribution is -2.45. The van der Waals surface area contributed by atoms with Crippen LogP contribution in [0.15, 0.2) is 36.7 Å². The van der Waals surface area contributed by atoms with E-state index in [1.807, 2.05) is 6.07 Å². The van der Waals surface area contributed by atoms with Gasteiger partial charge in [-0.05, 0) is 42.7 Å². The van der Waals surface area contributed by atoms with E-state index >= 15 is 0 Å². The van der Waals surface area contributed by atoms with Crippen molar-refractivity contribution in [1.82, 2.24) is 10.0 Å². The highest BCUT2D eigenvalue weighted by molar-refractivity contribution is 5.80. The minimum absolute atomic E-state index is 0.0195. The van der Waals surface area contributed by atoms with Crippen molar-refractivity contribution >= 4 is 11.6 Å². The molecule has 2 aliphatic rings. The first kappa shape index (κ1) is 18.3. The molecule has 1 aromatic heterocycles. The molecule has 144 valence electrons. The molecule has 0 spiro atoms. The van der Waals surface area contributed by atoms with Gasteiger partial charge in [0.1, 0.15) is 17.7 Å². The van der Waals surface area contributed by atoms with Crippen LogP contribution in [0.1, 0.15) is 36.4 Å². The van der Waals surface area contributed by atoms with Crippen molar-refractivity contribution in [3.8, 4) is 6.07 Å². The largest absolute Gasteiger partial charge is 0.382 e. The SMILES string of the molecule is N#Cc1cc(NC2CC(C(=O)N3OCCC3c3cncc(F)c3)C2)ccc1F. The quantitative estimate of drug-likeness (QED) is 0.875. The number of anilines is 1. The third-order valence-electron chi connectivity index (χ3n) is 5.18. The van der Waals surface area contributed by atoms with Crippen LogP contribution in [-0.2, 0) is 9.63 Å². The number of amides is 1. The second kappa shape index (κ2) is 7.52. The summed E-state index contributed by atoms with van der Waals surface area (Å²) < 4.78 is 26.9. The van der Waals surface area contributed by atoms with Crippen molar-refractivity contribution in [2.45, 2.75) is 31.3 Å². The Labute approximate surface area is 160 Å². The van der Waals surface area contributed by atoms with Gasteiger partial charge in [-0.1, -0.05) is 0 Å². The lowest BCUT2D eigenvalue weighted by atomic mass is 9.79. The molecule has 0 radical (unpaired) electrons. The zero-order valence-electron chi connectivity index (χ0n) is 14.9. The number of hydrogen-bond acceptors (Lipinski definition) is 5. The van der Waals surface area contributed by atoms with E-state index in [4.69, 9.17) is 10.1 Å². The number of rotatable bonds is 4. The van der Waals surface area contributed by atoms with Gasteiger partial charge in [-0.25, -0.2) is 13.8 Å². The highest BCUT2D eigenvalue weighted by Gasteiger charge is 2.41. The molecule has 1 aliphatic heterocycles. The average molecular weight is 384 g/mol. The summed E-state index contributed by atoms with van der Waals surface area (Å²) in [4.78, 5) is 22.2. The van der Waals surface area contributed by atoms with Gasteiger partial charge in [0.15, 0.2) is 0 Å². The van der Waals surface area contributed by atoms with Crippen molar-refractivity contribution in [2.24, 2.45) is 5.92 Å². The molecule has 1 aromatic carbocycles. The van der Waals surface area contributed by atoms with Crippen LogP contribution in [0.25, 0.3) is 0 Å². The predicted molar refractivity (Wildman–Crippen MR) is 95.6 cm³/mol. The number of carbonyl (C=O) groups is 1. The number of hydrogen-bond donors (Lipinski definition) is 1. The number of benzene rings is 1. The van der Waals surface area contributed by atoms with Crippen molar-refractivity contribution < 1.29 is 18.4 Å². The normalized spacial score (nSPS) is 23.8. The molecule has 8 heteroatoms. The van der Waals surface area contributed by atoms with Gasteiger partial charge < -0.3 is 5.32 Å². The maximum Gasteiger partial charge on any atom is 0.249 e. The second-order valence-electron chi connectivity index (χ2n) is 7.05. The van der Waals surface area contributed by atoms with E-state index < -0.39 is 11.6 Å². The van der Waals surface area contributed by atoms with E-state index in [0.717, 1.165) is 6.20 Å². The standard InChI is InChI=1S/C20H18F2N4O2/c21-15-5-14(10-24-11-15)19-3-4-28-26(19)20(27)12-6-17(7-12)25-16-1-2-18(22)13(8-16)9-23/h1-2,5,8,10-12,17,19,25H,3-4,6-7H2. The average Bonchev–Trinajstić information content (AvgIpc) is 3.15. The third-order valence-corrected chi connectivity index (χ3v) is 5.18. The summed E-state index contributed by atoms with van der Waals surface area (Å²) in [5.41, 5.74) is 1.25. The Morgan fingerprint density at radius 2 is 2.11 bits per heavy atom. The summed E-state index contributed by atoms with van der Waals surface area (Å²) in [7, 11) is 0. The number of aromatic nitrogens is 1. The number of hydroxylamine groups is 2. The maximum atomic E-state index is 13.5. The molecule has 2 heterocycles. The lowest BCUT2D eigenvalue weighted by Gasteiger charge is -2.38. The Kier molecular flexibility index (Phi) is 4.92. The molecule has 1 amide bonds. The van der Waals surface area contributed by atoms with Crippen molar-refractivity contribution in [2.75, 3.05) is 11.9 Å². The summed E-state index contributed by atoms with van der Waals surface area (Å²) in [6.45, 7) is 0.397. The molecule has 1 atom stereocenters. The van der Waals surface area contributed by atoms with Crippen molar-refractivity contribution in [3.63, 3.8) is 0 Å². The first-order chi connectivity index (χ1) is 13.5. The Morgan fingerprint density at radius 1 is 1.29 bits per heavy atom. The van der Waals surface area contributed by atoms with Crippen molar-refractivity contribution in [1.29, 1.82) is 5.26 Å². The van der Waals surface area contributed by atoms with Crippen LogP contribution in [0.2, 0.25) is 0 Å². The number of nitrogens with zero attached hydrogens (tertiary/aromatic N) is 3. The molecule has 0 bridgehead atoms. The van der Waals surface area contributed by atoms with Crippen molar-refractivity contribution in [3.05, 3.63) is 59.4 Å². The van der Waals surface area contributed by atoms with E-state index in [1.165, 1.54) is 23.3 Å².